The summed E-state index contributed by atoms with van der Waals surface area (Å²) in [5.74, 6) is -0.628. The number of amides is 3. The van der Waals surface area contributed by atoms with Gasteiger partial charge in [0.25, 0.3) is 0 Å². The van der Waals surface area contributed by atoms with Crippen LogP contribution >= 0.6 is 0 Å². The Hall–Kier alpha value is -3.68. The van der Waals surface area contributed by atoms with Gasteiger partial charge in [0.2, 0.25) is 11.8 Å². The third kappa shape index (κ3) is 10.5. The Morgan fingerprint density at radius 2 is 1.18 bits per heavy atom. The molecule has 0 aromatic heterocycles. The van der Waals surface area contributed by atoms with Crippen molar-refractivity contribution in [3.63, 3.8) is 0 Å². The van der Waals surface area contributed by atoms with Crippen molar-refractivity contribution in [3.05, 3.63) is 71.8 Å². The van der Waals surface area contributed by atoms with E-state index in [1.54, 1.807) is 0 Å². The summed E-state index contributed by atoms with van der Waals surface area (Å²) >= 11 is 0. The Morgan fingerprint density at radius 3 is 1.68 bits per heavy atom. The molecule has 1 aliphatic carbocycles. The van der Waals surface area contributed by atoms with E-state index in [9.17, 15) is 19.2 Å². The van der Waals surface area contributed by atoms with Crippen LogP contribution in [0.5, 0.6) is 0 Å². The number of nitrogens with one attached hydrogen (secondary N) is 3. The first-order valence-electron chi connectivity index (χ1n) is 14.3. The highest BCUT2D eigenvalue weighted by Crippen LogP contribution is 2.31. The first kappa shape index (κ1) is 30.9. The smallest absolute Gasteiger partial charge is 0.408 e. The fourth-order valence-corrected chi connectivity index (χ4v) is 4.58. The summed E-state index contributed by atoms with van der Waals surface area (Å²) in [6.07, 6.45) is 2.14. The first-order valence-corrected chi connectivity index (χ1v) is 14.3. The van der Waals surface area contributed by atoms with E-state index in [-0.39, 0.29) is 30.1 Å². The van der Waals surface area contributed by atoms with Gasteiger partial charge in [-0.2, -0.15) is 0 Å². The molecule has 3 unspecified atom stereocenters. The zero-order valence-corrected chi connectivity index (χ0v) is 24.0. The van der Waals surface area contributed by atoms with Crippen LogP contribution in [0.3, 0.4) is 0 Å². The highest BCUT2D eigenvalue weighted by Gasteiger charge is 2.37. The van der Waals surface area contributed by atoms with E-state index >= 15 is 0 Å². The molecule has 0 radical (unpaired) electrons. The Morgan fingerprint density at radius 1 is 0.700 bits per heavy atom. The number of hydrogen-bond acceptors (Lipinski definition) is 5. The van der Waals surface area contributed by atoms with E-state index in [1.807, 2.05) is 88.4 Å². The number of carbonyl (C=O) groups excluding carboxylic acids is 4. The van der Waals surface area contributed by atoms with E-state index in [2.05, 4.69) is 16.0 Å². The zero-order valence-electron chi connectivity index (χ0n) is 24.0. The van der Waals surface area contributed by atoms with Gasteiger partial charge in [-0.1, -0.05) is 88.4 Å². The summed E-state index contributed by atoms with van der Waals surface area (Å²) in [6, 6.07) is 16.5. The summed E-state index contributed by atoms with van der Waals surface area (Å²) in [7, 11) is 0. The maximum atomic E-state index is 13.5. The van der Waals surface area contributed by atoms with Crippen LogP contribution in [0.25, 0.3) is 0 Å². The SMILES string of the molecule is CC(C)CC(NC(=O)OCc1ccccc1)C(=O)NC(CC(C)C)C(=O)NC(Cc1ccccc1)C(=O)C1CC1. The van der Waals surface area contributed by atoms with Crippen LogP contribution in [-0.2, 0) is 32.1 Å². The van der Waals surface area contributed by atoms with Crippen molar-refractivity contribution < 1.29 is 23.9 Å². The minimum absolute atomic E-state index is 0.0197. The lowest BCUT2D eigenvalue weighted by Gasteiger charge is -2.26. The number of benzene rings is 2. The number of Topliss-reactive ketones (excluding diaryl/α,β-unsaturated/α-hetero) is 1. The Kier molecular flexibility index (Phi) is 11.7. The van der Waals surface area contributed by atoms with Gasteiger partial charge in [-0.25, -0.2) is 4.79 Å². The van der Waals surface area contributed by atoms with Crippen molar-refractivity contribution in [1.29, 1.82) is 0 Å². The molecule has 0 spiro atoms. The quantitative estimate of drug-likeness (QED) is 0.301. The molecule has 0 aliphatic heterocycles. The van der Waals surface area contributed by atoms with Crippen LogP contribution in [-0.4, -0.2) is 41.8 Å². The average Bonchev–Trinajstić information content (AvgIpc) is 3.77. The molecule has 1 fully saturated rings. The Labute approximate surface area is 237 Å². The fraction of sp³-hybridized carbons (Fsp3) is 0.500. The molecule has 216 valence electrons. The molecule has 0 heterocycles. The maximum Gasteiger partial charge on any atom is 0.408 e. The van der Waals surface area contributed by atoms with Crippen LogP contribution in [0.4, 0.5) is 4.79 Å². The molecule has 8 nitrogen and oxygen atoms in total. The third-order valence-electron chi connectivity index (χ3n) is 6.79. The van der Waals surface area contributed by atoms with Gasteiger partial charge < -0.3 is 20.7 Å². The number of hydrogen-bond donors (Lipinski definition) is 3. The van der Waals surface area contributed by atoms with Crippen molar-refractivity contribution in [2.45, 2.75) is 84.5 Å². The molecule has 3 rings (SSSR count). The van der Waals surface area contributed by atoms with Crippen molar-refractivity contribution in [2.75, 3.05) is 0 Å². The zero-order chi connectivity index (χ0) is 29.1. The van der Waals surface area contributed by atoms with Crippen molar-refractivity contribution in [1.82, 2.24) is 16.0 Å². The molecule has 8 heteroatoms. The second-order valence-electron chi connectivity index (χ2n) is 11.5. The first-order chi connectivity index (χ1) is 19.1. The lowest BCUT2D eigenvalue weighted by Crippen LogP contribution is -2.56. The Balaban J connectivity index is 1.67. The van der Waals surface area contributed by atoms with E-state index in [1.165, 1.54) is 0 Å². The lowest BCUT2D eigenvalue weighted by atomic mass is 9.97. The molecule has 3 N–H and O–H groups in total. The number of carbonyl (C=O) groups is 4. The van der Waals surface area contributed by atoms with Crippen molar-refractivity contribution >= 4 is 23.7 Å². The van der Waals surface area contributed by atoms with E-state index in [0.717, 1.165) is 24.0 Å². The van der Waals surface area contributed by atoms with Gasteiger partial charge in [0.05, 0.1) is 6.04 Å². The van der Waals surface area contributed by atoms with Gasteiger partial charge in [0.1, 0.15) is 18.7 Å². The predicted molar refractivity (Wildman–Crippen MR) is 154 cm³/mol. The number of ketones is 1. The second-order valence-corrected chi connectivity index (χ2v) is 11.5. The standard InChI is InChI=1S/C32H43N3O5/c1-21(2)17-27(30(37)33-26(29(36)25-15-16-25)19-23-11-7-5-8-12-23)34-31(38)28(18-22(3)4)35-32(39)40-20-24-13-9-6-10-14-24/h5-14,21-22,25-28H,15-20H2,1-4H3,(H,33,37)(H,34,38)(H,35,39). The van der Waals surface area contributed by atoms with Gasteiger partial charge in [-0.15, -0.1) is 0 Å². The monoisotopic (exact) mass is 549 g/mol. The summed E-state index contributed by atoms with van der Waals surface area (Å²) < 4.78 is 5.32. The van der Waals surface area contributed by atoms with Gasteiger partial charge >= 0.3 is 6.09 Å². The highest BCUT2D eigenvalue weighted by atomic mass is 16.5. The van der Waals surface area contributed by atoms with Crippen LogP contribution in [0, 0.1) is 17.8 Å². The van der Waals surface area contributed by atoms with E-state index in [0.29, 0.717) is 19.3 Å². The molecule has 3 atom stereocenters. The summed E-state index contributed by atoms with van der Waals surface area (Å²) in [6.45, 7) is 7.92. The minimum Gasteiger partial charge on any atom is -0.445 e. The maximum absolute atomic E-state index is 13.5. The highest BCUT2D eigenvalue weighted by molar-refractivity contribution is 5.95. The predicted octanol–water partition coefficient (Wildman–Crippen LogP) is 4.57. The third-order valence-corrected chi connectivity index (χ3v) is 6.79. The fourth-order valence-electron chi connectivity index (χ4n) is 4.58. The number of ether oxygens (including phenoxy) is 1. The minimum atomic E-state index is -0.876. The van der Waals surface area contributed by atoms with E-state index < -0.39 is 36.0 Å². The lowest BCUT2D eigenvalue weighted by molar-refractivity contribution is -0.132. The number of alkyl carbamates (subject to hydrolysis) is 1. The molecule has 40 heavy (non-hydrogen) atoms. The van der Waals surface area contributed by atoms with Crippen LogP contribution in [0.2, 0.25) is 0 Å². The van der Waals surface area contributed by atoms with Crippen molar-refractivity contribution in [3.8, 4) is 0 Å². The average molecular weight is 550 g/mol. The molecule has 0 bridgehead atoms. The molecule has 0 saturated heterocycles. The topological polar surface area (TPSA) is 114 Å². The second kappa shape index (κ2) is 15.2. The van der Waals surface area contributed by atoms with Crippen LogP contribution < -0.4 is 16.0 Å². The van der Waals surface area contributed by atoms with Gasteiger partial charge in [-0.3, -0.25) is 14.4 Å². The van der Waals surface area contributed by atoms with Crippen LogP contribution in [0.15, 0.2) is 60.7 Å². The molecular formula is C32H43N3O5. The largest absolute Gasteiger partial charge is 0.445 e. The normalized spacial score (nSPS) is 15.2. The molecule has 2 aromatic rings. The Bertz CT molecular complexity index is 1120. The summed E-state index contributed by atoms with van der Waals surface area (Å²) in [5, 5.41) is 8.47. The van der Waals surface area contributed by atoms with Gasteiger partial charge in [-0.05, 0) is 55.1 Å². The van der Waals surface area contributed by atoms with Gasteiger partial charge in [0, 0.05) is 5.92 Å². The van der Waals surface area contributed by atoms with Crippen LogP contribution in [0.1, 0.15) is 64.5 Å². The summed E-state index contributed by atoms with van der Waals surface area (Å²) in [5.41, 5.74) is 1.79. The molecule has 1 aliphatic rings. The number of rotatable bonds is 15. The molecular weight excluding hydrogens is 506 g/mol. The molecule has 2 aromatic carbocycles. The van der Waals surface area contributed by atoms with E-state index in [4.69, 9.17) is 4.74 Å². The molecule has 1 saturated carbocycles. The summed E-state index contributed by atoms with van der Waals surface area (Å²) in [4.78, 5) is 52.5. The van der Waals surface area contributed by atoms with Crippen molar-refractivity contribution in [2.24, 2.45) is 17.8 Å². The van der Waals surface area contributed by atoms with Gasteiger partial charge in [0.15, 0.2) is 5.78 Å². The molecule has 3 amide bonds.